The molecule has 1 aliphatic heterocycles. The fraction of sp³-hybridized carbons (Fsp3) is 0.348. The minimum atomic E-state index is -0.220. The molecule has 0 N–H and O–H groups in total. The summed E-state index contributed by atoms with van der Waals surface area (Å²) >= 11 is 2.29. The zero-order valence-electron chi connectivity index (χ0n) is 16.4. The number of hydrogen-bond donors (Lipinski definition) is 0. The highest BCUT2D eigenvalue weighted by Crippen LogP contribution is 2.49. The van der Waals surface area contributed by atoms with Gasteiger partial charge in [-0.1, -0.05) is 12.2 Å². The van der Waals surface area contributed by atoms with Gasteiger partial charge in [-0.25, -0.2) is 0 Å². The van der Waals surface area contributed by atoms with Gasteiger partial charge in [0.05, 0.1) is 18.1 Å². The lowest BCUT2D eigenvalue weighted by molar-refractivity contribution is -0.140. The first-order valence-electron chi connectivity index (χ1n) is 10.0. The van der Waals surface area contributed by atoms with Crippen LogP contribution in [0.5, 0.6) is 0 Å². The molecule has 148 valence electrons. The van der Waals surface area contributed by atoms with E-state index in [0.717, 1.165) is 40.5 Å². The molecule has 6 rings (SSSR count). The van der Waals surface area contributed by atoms with E-state index < -0.39 is 0 Å². The number of aryl methyl sites for hydroxylation is 1. The number of imide groups is 1. The van der Waals surface area contributed by atoms with Crippen molar-refractivity contribution in [2.24, 2.45) is 28.8 Å². The standard InChI is InChI=1S/C23H22IN3O2/c1-13-11-17(14(2)26(13)19-9-7-18(24)8-10-19)12-25-27-22(28)20-15-3-4-16(6-5-15)21(20)23(27)29/h3-4,7-12,15-16,20-21H,5-6H2,1-2H3/b25-12-/t15-,16-,20+,21+/m0/s1. The van der Waals surface area contributed by atoms with Crippen molar-refractivity contribution in [2.75, 3.05) is 0 Å². The lowest BCUT2D eigenvalue weighted by atomic mass is 9.63. The summed E-state index contributed by atoms with van der Waals surface area (Å²) in [7, 11) is 0. The maximum absolute atomic E-state index is 12.9. The largest absolute Gasteiger partial charge is 0.318 e. The molecule has 6 heteroatoms. The first kappa shape index (κ1) is 18.8. The second kappa shape index (κ2) is 6.93. The molecular formula is C23H22IN3O2. The highest BCUT2D eigenvalue weighted by molar-refractivity contribution is 14.1. The van der Waals surface area contributed by atoms with Crippen molar-refractivity contribution in [3.63, 3.8) is 0 Å². The van der Waals surface area contributed by atoms with Gasteiger partial charge in [-0.3, -0.25) is 9.59 Å². The summed E-state index contributed by atoms with van der Waals surface area (Å²) in [4.78, 5) is 25.8. The highest BCUT2D eigenvalue weighted by Gasteiger charge is 2.56. The Labute approximate surface area is 183 Å². The zero-order chi connectivity index (χ0) is 20.3. The first-order chi connectivity index (χ1) is 14.0. The number of hydrogen-bond acceptors (Lipinski definition) is 3. The Bertz CT molecular complexity index is 1030. The maximum Gasteiger partial charge on any atom is 0.254 e. The fourth-order valence-electron chi connectivity index (χ4n) is 5.20. The summed E-state index contributed by atoms with van der Waals surface area (Å²) in [6, 6.07) is 10.4. The molecule has 1 saturated carbocycles. The van der Waals surface area contributed by atoms with Gasteiger partial charge in [0.15, 0.2) is 0 Å². The van der Waals surface area contributed by atoms with Gasteiger partial charge in [-0.05, 0) is 91.4 Å². The lowest BCUT2D eigenvalue weighted by Crippen LogP contribution is -2.38. The average Bonchev–Trinajstić information content (AvgIpc) is 3.16. The van der Waals surface area contributed by atoms with Crippen molar-refractivity contribution in [2.45, 2.75) is 26.7 Å². The van der Waals surface area contributed by atoms with Gasteiger partial charge in [-0.2, -0.15) is 10.1 Å². The molecule has 5 nitrogen and oxygen atoms in total. The smallest absolute Gasteiger partial charge is 0.254 e. The third-order valence-electron chi connectivity index (χ3n) is 6.60. The SMILES string of the molecule is Cc1cc(/C=N\N2C(=O)[C@H]3[C@H](C2=O)[C@H]2C=C[C@H]3CC2)c(C)n1-c1ccc(I)cc1. The molecule has 2 aromatic rings. The van der Waals surface area contributed by atoms with Crippen LogP contribution in [0.25, 0.3) is 5.69 Å². The molecule has 0 unspecified atom stereocenters. The first-order valence-corrected chi connectivity index (χ1v) is 11.1. The summed E-state index contributed by atoms with van der Waals surface area (Å²) in [6.45, 7) is 4.08. The van der Waals surface area contributed by atoms with E-state index >= 15 is 0 Å². The number of halogens is 1. The lowest BCUT2D eigenvalue weighted by Gasteiger charge is -2.37. The van der Waals surface area contributed by atoms with E-state index in [2.05, 4.69) is 68.7 Å². The summed E-state index contributed by atoms with van der Waals surface area (Å²) in [5, 5.41) is 5.50. The van der Waals surface area contributed by atoms with Crippen LogP contribution in [-0.4, -0.2) is 27.6 Å². The molecular weight excluding hydrogens is 477 g/mol. The van der Waals surface area contributed by atoms with E-state index in [1.54, 1.807) is 6.21 Å². The van der Waals surface area contributed by atoms with Gasteiger partial charge in [-0.15, -0.1) is 0 Å². The van der Waals surface area contributed by atoms with E-state index in [1.807, 2.05) is 19.9 Å². The van der Waals surface area contributed by atoms with E-state index in [0.29, 0.717) is 0 Å². The Balaban J connectivity index is 1.44. The van der Waals surface area contributed by atoms with E-state index in [9.17, 15) is 9.59 Å². The van der Waals surface area contributed by atoms with Crippen molar-refractivity contribution in [3.8, 4) is 5.69 Å². The number of allylic oxidation sites excluding steroid dienone is 2. The topological polar surface area (TPSA) is 54.7 Å². The van der Waals surface area contributed by atoms with Crippen molar-refractivity contribution in [1.29, 1.82) is 0 Å². The molecule has 0 spiro atoms. The van der Waals surface area contributed by atoms with Gasteiger partial charge in [0.25, 0.3) is 11.8 Å². The minimum absolute atomic E-state index is 0.137. The maximum atomic E-state index is 12.9. The Kier molecular flexibility index (Phi) is 4.49. The molecule has 4 atom stereocenters. The molecule has 4 aliphatic rings. The van der Waals surface area contributed by atoms with Gasteiger partial charge >= 0.3 is 0 Å². The number of carbonyl (C=O) groups excluding carboxylic acids is 2. The van der Waals surface area contributed by atoms with Crippen molar-refractivity contribution >= 4 is 40.6 Å². The van der Waals surface area contributed by atoms with E-state index in [1.165, 1.54) is 3.57 Å². The Morgan fingerprint density at radius 2 is 1.59 bits per heavy atom. The highest BCUT2D eigenvalue weighted by atomic mass is 127. The Hall–Kier alpha value is -2.22. The number of nitrogens with zero attached hydrogens (tertiary/aromatic N) is 3. The van der Waals surface area contributed by atoms with Crippen LogP contribution in [0.2, 0.25) is 0 Å². The normalized spacial score (nSPS) is 28.0. The monoisotopic (exact) mass is 499 g/mol. The number of benzene rings is 1. The van der Waals surface area contributed by atoms with Crippen LogP contribution in [-0.2, 0) is 9.59 Å². The van der Waals surface area contributed by atoms with Crippen LogP contribution < -0.4 is 0 Å². The van der Waals surface area contributed by atoms with Crippen molar-refractivity contribution in [1.82, 2.24) is 9.58 Å². The number of rotatable bonds is 3. The predicted molar refractivity (Wildman–Crippen MR) is 120 cm³/mol. The molecule has 2 amide bonds. The summed E-state index contributed by atoms with van der Waals surface area (Å²) in [6.07, 6.45) is 7.91. The number of aromatic nitrogens is 1. The molecule has 1 aromatic heterocycles. The van der Waals surface area contributed by atoms with Gasteiger partial charge in [0.2, 0.25) is 0 Å². The molecule has 0 radical (unpaired) electrons. The quantitative estimate of drug-likeness (QED) is 0.275. The van der Waals surface area contributed by atoms with E-state index in [4.69, 9.17) is 0 Å². The summed E-state index contributed by atoms with van der Waals surface area (Å²) in [5.41, 5.74) is 4.12. The van der Waals surface area contributed by atoms with Crippen molar-refractivity contribution < 1.29 is 9.59 Å². The second-order valence-corrected chi connectivity index (χ2v) is 9.46. The van der Waals surface area contributed by atoms with Crippen LogP contribution in [0.4, 0.5) is 0 Å². The molecule has 3 aliphatic carbocycles. The van der Waals surface area contributed by atoms with Gasteiger partial charge < -0.3 is 4.57 Å². The predicted octanol–water partition coefficient (Wildman–Crippen LogP) is 4.23. The fourth-order valence-corrected chi connectivity index (χ4v) is 5.56. The number of fused-ring (bicyclic) bond motifs is 1. The third kappa shape index (κ3) is 2.91. The number of carbonyl (C=O) groups is 2. The average molecular weight is 499 g/mol. The van der Waals surface area contributed by atoms with Crippen molar-refractivity contribution in [3.05, 3.63) is 63.0 Å². The van der Waals surface area contributed by atoms with Crippen LogP contribution in [0, 0.1) is 41.1 Å². The van der Waals surface area contributed by atoms with Crippen LogP contribution in [0.3, 0.4) is 0 Å². The van der Waals surface area contributed by atoms with Crippen LogP contribution in [0.15, 0.2) is 47.6 Å². The van der Waals surface area contributed by atoms with Gasteiger partial charge in [0.1, 0.15) is 0 Å². The third-order valence-corrected chi connectivity index (χ3v) is 7.32. The molecule has 1 aromatic carbocycles. The summed E-state index contributed by atoms with van der Waals surface area (Å²) < 4.78 is 3.35. The zero-order valence-corrected chi connectivity index (χ0v) is 18.5. The molecule has 2 fully saturated rings. The van der Waals surface area contributed by atoms with E-state index in [-0.39, 0.29) is 35.5 Å². The molecule has 1 saturated heterocycles. The Morgan fingerprint density at radius 1 is 1.00 bits per heavy atom. The molecule has 2 bridgehead atoms. The van der Waals surface area contributed by atoms with Crippen LogP contribution in [0.1, 0.15) is 29.8 Å². The van der Waals surface area contributed by atoms with Gasteiger partial charge in [0, 0.05) is 26.2 Å². The second-order valence-electron chi connectivity index (χ2n) is 8.21. The number of hydrazone groups is 1. The van der Waals surface area contributed by atoms with Crippen LogP contribution >= 0.6 is 22.6 Å². The minimum Gasteiger partial charge on any atom is -0.318 e. The Morgan fingerprint density at radius 3 is 2.14 bits per heavy atom. The summed E-state index contributed by atoms with van der Waals surface area (Å²) in [5.74, 6) is -0.339. The molecule has 2 heterocycles. The number of amides is 2. The molecule has 29 heavy (non-hydrogen) atoms.